The number of methoxy groups -OCH3 is 1. The lowest BCUT2D eigenvalue weighted by Gasteiger charge is -2.08. The SMILES string of the molecule is COc1c(O)cnc(C(F)F)c1C=O. The second kappa shape index (κ2) is 3.99. The molecular formula is C8H7F2NO3. The zero-order valence-corrected chi connectivity index (χ0v) is 7.20. The van der Waals surface area contributed by atoms with Gasteiger partial charge in [-0.15, -0.1) is 0 Å². The van der Waals surface area contributed by atoms with Crippen molar-refractivity contribution in [3.63, 3.8) is 0 Å². The van der Waals surface area contributed by atoms with Crippen molar-refractivity contribution < 1.29 is 23.4 Å². The third-order valence-corrected chi connectivity index (χ3v) is 1.61. The number of pyridine rings is 1. The molecule has 1 rings (SSSR count). The lowest BCUT2D eigenvalue weighted by Crippen LogP contribution is -2.01. The zero-order valence-electron chi connectivity index (χ0n) is 7.20. The maximum Gasteiger partial charge on any atom is 0.281 e. The Kier molecular flexibility index (Phi) is 2.95. The van der Waals surface area contributed by atoms with Gasteiger partial charge in [0.25, 0.3) is 6.43 Å². The highest BCUT2D eigenvalue weighted by Crippen LogP contribution is 2.33. The molecule has 0 spiro atoms. The van der Waals surface area contributed by atoms with Crippen LogP contribution in [0, 0.1) is 0 Å². The monoisotopic (exact) mass is 203 g/mol. The maximum atomic E-state index is 12.3. The van der Waals surface area contributed by atoms with Gasteiger partial charge in [-0.25, -0.2) is 8.78 Å². The summed E-state index contributed by atoms with van der Waals surface area (Å²) < 4.78 is 29.2. The molecule has 0 atom stereocenters. The molecule has 0 bridgehead atoms. The molecule has 14 heavy (non-hydrogen) atoms. The molecule has 0 aliphatic carbocycles. The maximum absolute atomic E-state index is 12.3. The van der Waals surface area contributed by atoms with Crippen molar-refractivity contribution in [2.24, 2.45) is 0 Å². The third kappa shape index (κ3) is 1.63. The highest BCUT2D eigenvalue weighted by Gasteiger charge is 2.20. The molecule has 0 saturated carbocycles. The Hall–Kier alpha value is -1.72. The molecule has 76 valence electrons. The number of alkyl halides is 2. The van der Waals surface area contributed by atoms with Crippen LogP contribution >= 0.6 is 0 Å². The van der Waals surface area contributed by atoms with Gasteiger partial charge in [0.2, 0.25) is 0 Å². The van der Waals surface area contributed by atoms with Gasteiger partial charge >= 0.3 is 0 Å². The number of rotatable bonds is 3. The van der Waals surface area contributed by atoms with Crippen molar-refractivity contribution in [2.75, 3.05) is 7.11 Å². The number of aldehydes is 1. The predicted molar refractivity (Wildman–Crippen MR) is 42.8 cm³/mol. The Balaban J connectivity index is 3.40. The molecule has 4 nitrogen and oxygen atoms in total. The Morgan fingerprint density at radius 1 is 1.64 bits per heavy atom. The molecular weight excluding hydrogens is 196 g/mol. The van der Waals surface area contributed by atoms with Crippen LogP contribution in [-0.4, -0.2) is 23.5 Å². The van der Waals surface area contributed by atoms with E-state index in [-0.39, 0.29) is 12.0 Å². The molecule has 0 amide bonds. The van der Waals surface area contributed by atoms with Crippen molar-refractivity contribution in [1.29, 1.82) is 0 Å². The minimum Gasteiger partial charge on any atom is -0.503 e. The molecule has 6 heteroatoms. The summed E-state index contributed by atoms with van der Waals surface area (Å²) in [7, 11) is 1.16. The van der Waals surface area contributed by atoms with Crippen molar-refractivity contribution in [1.82, 2.24) is 4.98 Å². The van der Waals surface area contributed by atoms with Crippen LogP contribution in [0.3, 0.4) is 0 Å². The van der Waals surface area contributed by atoms with Crippen LogP contribution in [0.2, 0.25) is 0 Å². The number of aromatic nitrogens is 1. The molecule has 0 aliphatic heterocycles. The number of halogens is 2. The van der Waals surface area contributed by atoms with Gasteiger partial charge in [-0.05, 0) is 0 Å². The Morgan fingerprint density at radius 3 is 2.71 bits per heavy atom. The summed E-state index contributed by atoms with van der Waals surface area (Å²) in [6.45, 7) is 0. The van der Waals surface area contributed by atoms with Crippen LogP contribution in [0.1, 0.15) is 22.5 Å². The molecule has 1 aromatic rings. The number of aromatic hydroxyl groups is 1. The molecule has 0 aromatic carbocycles. The fourth-order valence-corrected chi connectivity index (χ4v) is 1.02. The van der Waals surface area contributed by atoms with Crippen LogP contribution in [0.15, 0.2) is 6.20 Å². The van der Waals surface area contributed by atoms with Gasteiger partial charge in [-0.3, -0.25) is 9.78 Å². The van der Waals surface area contributed by atoms with Gasteiger partial charge < -0.3 is 9.84 Å². The van der Waals surface area contributed by atoms with Crippen molar-refractivity contribution in [2.45, 2.75) is 6.43 Å². The summed E-state index contributed by atoms with van der Waals surface area (Å²) in [6.07, 6.45) is -1.90. The topological polar surface area (TPSA) is 59.4 Å². The van der Waals surface area contributed by atoms with Gasteiger partial charge in [-0.2, -0.15) is 0 Å². The lowest BCUT2D eigenvalue weighted by molar-refractivity contribution is 0.109. The average Bonchev–Trinajstić information content (AvgIpc) is 2.16. The van der Waals surface area contributed by atoms with Crippen LogP contribution < -0.4 is 4.74 Å². The van der Waals surface area contributed by atoms with Crippen molar-refractivity contribution >= 4 is 6.29 Å². The number of carbonyl (C=O) groups is 1. The Morgan fingerprint density at radius 2 is 2.29 bits per heavy atom. The minimum absolute atomic E-state index is 0.174. The molecule has 1 N–H and O–H groups in total. The van der Waals surface area contributed by atoms with Crippen molar-refractivity contribution in [3.05, 3.63) is 17.5 Å². The molecule has 0 saturated heterocycles. The smallest absolute Gasteiger partial charge is 0.281 e. The molecule has 0 aliphatic rings. The predicted octanol–water partition coefficient (Wildman–Crippen LogP) is 1.55. The number of nitrogens with zero attached hydrogens (tertiary/aromatic N) is 1. The standard InChI is InChI=1S/C8H7F2NO3/c1-14-7-4(3-12)6(8(9)10)11-2-5(7)13/h2-3,8,13H,1H3. The van der Waals surface area contributed by atoms with E-state index in [0.717, 1.165) is 13.3 Å². The summed E-state index contributed by atoms with van der Waals surface area (Å²) in [6, 6.07) is 0. The average molecular weight is 203 g/mol. The largest absolute Gasteiger partial charge is 0.503 e. The van der Waals surface area contributed by atoms with Gasteiger partial charge in [0.05, 0.1) is 18.9 Å². The van der Waals surface area contributed by atoms with E-state index in [1.165, 1.54) is 0 Å². The molecule has 0 fully saturated rings. The quantitative estimate of drug-likeness (QED) is 0.757. The fourth-order valence-electron chi connectivity index (χ4n) is 1.02. The number of hydrogen-bond donors (Lipinski definition) is 1. The first kappa shape index (κ1) is 10.4. The van der Waals surface area contributed by atoms with Gasteiger partial charge in [0.1, 0.15) is 5.69 Å². The van der Waals surface area contributed by atoms with E-state index >= 15 is 0 Å². The second-order valence-corrected chi connectivity index (χ2v) is 2.39. The number of carbonyl (C=O) groups excluding carboxylic acids is 1. The molecule has 0 unspecified atom stereocenters. The van der Waals surface area contributed by atoms with E-state index in [2.05, 4.69) is 9.72 Å². The summed E-state index contributed by atoms with van der Waals surface area (Å²) in [4.78, 5) is 13.7. The number of hydrogen-bond acceptors (Lipinski definition) is 4. The van der Waals surface area contributed by atoms with E-state index in [9.17, 15) is 13.6 Å². The second-order valence-electron chi connectivity index (χ2n) is 2.39. The number of ether oxygens (including phenoxy) is 1. The highest BCUT2D eigenvalue weighted by atomic mass is 19.3. The first-order chi connectivity index (χ1) is 6.61. The minimum atomic E-state index is -2.88. The van der Waals surface area contributed by atoms with E-state index in [4.69, 9.17) is 5.11 Å². The Bertz CT molecular complexity index is 355. The molecule has 1 aromatic heterocycles. The summed E-state index contributed by atoms with van der Waals surface area (Å²) in [5, 5.41) is 9.14. The first-order valence-electron chi connectivity index (χ1n) is 3.61. The lowest BCUT2D eigenvalue weighted by atomic mass is 10.2. The van der Waals surface area contributed by atoms with E-state index in [0.29, 0.717) is 0 Å². The summed E-state index contributed by atoms with van der Waals surface area (Å²) in [5.74, 6) is -0.732. The van der Waals surface area contributed by atoms with Crippen LogP contribution in [-0.2, 0) is 0 Å². The van der Waals surface area contributed by atoms with Crippen LogP contribution in [0.25, 0.3) is 0 Å². The van der Waals surface area contributed by atoms with E-state index < -0.39 is 23.4 Å². The van der Waals surface area contributed by atoms with Gasteiger partial charge in [-0.1, -0.05) is 0 Å². The van der Waals surface area contributed by atoms with Crippen LogP contribution in [0.5, 0.6) is 11.5 Å². The van der Waals surface area contributed by atoms with E-state index in [1.807, 2.05) is 0 Å². The van der Waals surface area contributed by atoms with E-state index in [1.54, 1.807) is 0 Å². The molecule has 1 heterocycles. The first-order valence-corrected chi connectivity index (χ1v) is 3.61. The van der Waals surface area contributed by atoms with Gasteiger partial charge in [0.15, 0.2) is 17.8 Å². The highest BCUT2D eigenvalue weighted by molar-refractivity contribution is 5.82. The Labute approximate surface area is 78.1 Å². The molecule has 0 radical (unpaired) electrons. The van der Waals surface area contributed by atoms with Gasteiger partial charge in [0, 0.05) is 0 Å². The normalized spacial score (nSPS) is 10.3. The third-order valence-electron chi connectivity index (χ3n) is 1.61. The van der Waals surface area contributed by atoms with Crippen molar-refractivity contribution in [3.8, 4) is 11.5 Å². The van der Waals surface area contributed by atoms with Crippen LogP contribution in [0.4, 0.5) is 8.78 Å². The summed E-state index contributed by atoms with van der Waals surface area (Å²) in [5.41, 5.74) is -1.13. The zero-order chi connectivity index (χ0) is 10.7. The fraction of sp³-hybridized carbons (Fsp3) is 0.250. The summed E-state index contributed by atoms with van der Waals surface area (Å²) >= 11 is 0.